The first kappa shape index (κ1) is 15.3. The molecule has 1 amide bonds. The van der Waals surface area contributed by atoms with Crippen molar-refractivity contribution in [3.63, 3.8) is 0 Å². The quantitative estimate of drug-likeness (QED) is 0.929. The van der Waals surface area contributed by atoms with Gasteiger partial charge in [0.25, 0.3) is 5.91 Å². The van der Waals surface area contributed by atoms with E-state index in [2.05, 4.69) is 16.5 Å². The lowest BCUT2D eigenvalue weighted by Crippen LogP contribution is -2.17. The molecule has 0 atom stereocenters. The highest BCUT2D eigenvalue weighted by molar-refractivity contribution is 7.13. The minimum Gasteiger partial charge on any atom is -0.366 e. The van der Waals surface area contributed by atoms with Gasteiger partial charge in [-0.05, 0) is 32.6 Å². The van der Waals surface area contributed by atoms with Crippen LogP contribution in [0.2, 0.25) is 0 Å². The van der Waals surface area contributed by atoms with Gasteiger partial charge in [0.2, 0.25) is 0 Å². The topological polar surface area (TPSA) is 60.9 Å². The summed E-state index contributed by atoms with van der Waals surface area (Å²) in [5.41, 5.74) is 9.33. The normalized spacial score (nSPS) is 16.1. The number of carbonyl (C=O) groups is 1. The Bertz CT molecular complexity index is 667. The number of rotatable bonds is 4. The molecule has 5 heteroatoms. The highest BCUT2D eigenvalue weighted by atomic mass is 32.1. The van der Waals surface area contributed by atoms with Crippen molar-refractivity contribution < 1.29 is 4.79 Å². The molecule has 4 nitrogen and oxygen atoms in total. The molecule has 2 aromatic rings. The Hall–Kier alpha value is -1.62. The minimum atomic E-state index is -0.354. The van der Waals surface area contributed by atoms with Gasteiger partial charge in [0.15, 0.2) is 0 Å². The lowest BCUT2D eigenvalue weighted by molar-refractivity contribution is 0.1000. The predicted molar refractivity (Wildman–Crippen MR) is 90.1 cm³/mol. The molecular weight excluding hydrogens is 294 g/mol. The van der Waals surface area contributed by atoms with E-state index in [1.165, 1.54) is 32.1 Å². The van der Waals surface area contributed by atoms with E-state index < -0.39 is 0 Å². The van der Waals surface area contributed by atoms with Crippen LogP contribution in [0, 0.1) is 19.8 Å². The molecule has 2 N–H and O–H groups in total. The van der Waals surface area contributed by atoms with Crippen molar-refractivity contribution in [2.45, 2.75) is 52.5 Å². The number of hydrogen-bond acceptors (Lipinski definition) is 3. The minimum absolute atomic E-state index is 0.354. The third-order valence-electron chi connectivity index (χ3n) is 4.84. The molecule has 3 rings (SSSR count). The molecule has 0 aromatic carbocycles. The summed E-state index contributed by atoms with van der Waals surface area (Å²) in [6.07, 6.45) is 8.36. The van der Waals surface area contributed by atoms with Gasteiger partial charge >= 0.3 is 0 Å². The molecule has 1 aliphatic rings. The zero-order valence-corrected chi connectivity index (χ0v) is 14.1. The number of carbonyl (C=O) groups excluding carboxylic acids is 1. The largest absolute Gasteiger partial charge is 0.366 e. The van der Waals surface area contributed by atoms with Gasteiger partial charge < -0.3 is 10.3 Å². The highest BCUT2D eigenvalue weighted by Gasteiger charge is 2.25. The molecule has 0 bridgehead atoms. The molecule has 1 aliphatic carbocycles. The van der Waals surface area contributed by atoms with Crippen LogP contribution < -0.4 is 5.73 Å². The highest BCUT2D eigenvalue weighted by Crippen LogP contribution is 2.35. The van der Waals surface area contributed by atoms with Crippen molar-refractivity contribution >= 4 is 17.2 Å². The Labute approximate surface area is 135 Å². The number of hydrogen-bond donors (Lipinski definition) is 1. The van der Waals surface area contributed by atoms with Crippen molar-refractivity contribution in [3.8, 4) is 10.6 Å². The number of thiazole rings is 1. The zero-order valence-electron chi connectivity index (χ0n) is 13.3. The fourth-order valence-corrected chi connectivity index (χ4v) is 4.44. The lowest BCUT2D eigenvalue weighted by Gasteiger charge is -2.23. The molecule has 0 saturated heterocycles. The molecular formula is C17H23N3OS. The van der Waals surface area contributed by atoms with Crippen LogP contribution in [0.1, 0.15) is 53.8 Å². The van der Waals surface area contributed by atoms with Crippen molar-refractivity contribution in [2.24, 2.45) is 11.7 Å². The Morgan fingerprint density at radius 1 is 1.32 bits per heavy atom. The monoisotopic (exact) mass is 317 g/mol. The first-order valence-corrected chi connectivity index (χ1v) is 8.87. The van der Waals surface area contributed by atoms with E-state index in [0.29, 0.717) is 11.5 Å². The van der Waals surface area contributed by atoms with Gasteiger partial charge in [-0.15, -0.1) is 11.3 Å². The third kappa shape index (κ3) is 2.70. The van der Waals surface area contributed by atoms with Crippen LogP contribution in [-0.4, -0.2) is 15.5 Å². The predicted octanol–water partition coefficient (Wildman–Crippen LogP) is 3.91. The number of nitrogens with two attached hydrogens (primary N) is 1. The molecule has 0 aliphatic heterocycles. The van der Waals surface area contributed by atoms with E-state index in [1.54, 1.807) is 17.5 Å². The van der Waals surface area contributed by atoms with Crippen LogP contribution in [0.5, 0.6) is 0 Å². The van der Waals surface area contributed by atoms with E-state index in [4.69, 9.17) is 5.73 Å². The Balaban J connectivity index is 2.03. The first-order chi connectivity index (χ1) is 10.6. The van der Waals surface area contributed by atoms with Gasteiger partial charge in [0.05, 0.1) is 5.56 Å². The smallest absolute Gasteiger partial charge is 0.251 e. The van der Waals surface area contributed by atoms with Gasteiger partial charge in [-0.2, -0.15) is 0 Å². The van der Waals surface area contributed by atoms with Gasteiger partial charge in [0, 0.05) is 35.1 Å². The van der Waals surface area contributed by atoms with Crippen LogP contribution in [0.3, 0.4) is 0 Å². The lowest BCUT2D eigenvalue weighted by atomic mass is 9.89. The fraction of sp³-hybridized carbons (Fsp3) is 0.529. The van der Waals surface area contributed by atoms with E-state index >= 15 is 0 Å². The molecule has 22 heavy (non-hydrogen) atoms. The van der Waals surface area contributed by atoms with Crippen LogP contribution in [0.4, 0.5) is 0 Å². The first-order valence-electron chi connectivity index (χ1n) is 7.99. The molecule has 2 aromatic heterocycles. The molecule has 1 fully saturated rings. The summed E-state index contributed by atoms with van der Waals surface area (Å²) in [4.78, 5) is 16.4. The van der Waals surface area contributed by atoms with Crippen molar-refractivity contribution in [2.75, 3.05) is 0 Å². The molecule has 0 unspecified atom stereocenters. The maximum Gasteiger partial charge on any atom is 0.251 e. The summed E-state index contributed by atoms with van der Waals surface area (Å²) in [6, 6.07) is 0. The number of primary amides is 1. The van der Waals surface area contributed by atoms with Gasteiger partial charge in [0.1, 0.15) is 5.01 Å². The van der Waals surface area contributed by atoms with Crippen LogP contribution >= 0.6 is 11.3 Å². The van der Waals surface area contributed by atoms with Gasteiger partial charge in [-0.1, -0.05) is 19.3 Å². The Morgan fingerprint density at radius 3 is 2.64 bits per heavy atom. The summed E-state index contributed by atoms with van der Waals surface area (Å²) in [6.45, 7) is 5.08. The van der Waals surface area contributed by atoms with Crippen LogP contribution in [-0.2, 0) is 6.54 Å². The maximum absolute atomic E-state index is 12.0. The average Bonchev–Trinajstić information content (AvgIpc) is 3.10. The van der Waals surface area contributed by atoms with Crippen LogP contribution in [0.25, 0.3) is 10.6 Å². The third-order valence-corrected chi connectivity index (χ3v) is 5.63. The van der Waals surface area contributed by atoms with E-state index in [0.717, 1.165) is 28.5 Å². The van der Waals surface area contributed by atoms with Crippen molar-refractivity contribution in [1.82, 2.24) is 9.55 Å². The van der Waals surface area contributed by atoms with E-state index in [1.807, 2.05) is 12.3 Å². The average molecular weight is 317 g/mol. The second kappa shape index (κ2) is 6.24. The number of amides is 1. The Kier molecular flexibility index (Phi) is 4.34. The summed E-state index contributed by atoms with van der Waals surface area (Å²) >= 11 is 1.56. The van der Waals surface area contributed by atoms with Crippen molar-refractivity contribution in [1.29, 1.82) is 0 Å². The van der Waals surface area contributed by atoms with Crippen LogP contribution in [0.15, 0.2) is 11.6 Å². The zero-order chi connectivity index (χ0) is 15.7. The second-order valence-corrected chi connectivity index (χ2v) is 7.13. The van der Waals surface area contributed by atoms with E-state index in [-0.39, 0.29) is 5.91 Å². The van der Waals surface area contributed by atoms with Gasteiger partial charge in [-0.25, -0.2) is 4.98 Å². The summed E-state index contributed by atoms with van der Waals surface area (Å²) in [5, 5.41) is 2.82. The van der Waals surface area contributed by atoms with Crippen molar-refractivity contribution in [3.05, 3.63) is 28.5 Å². The fourth-order valence-electron chi connectivity index (χ4n) is 3.70. The second-order valence-electron chi connectivity index (χ2n) is 6.24. The molecule has 0 spiro atoms. The molecule has 2 heterocycles. The SMILES string of the molecule is Cc1c(C(N)=O)c(-c2nccs2)c(C)n1CC1CCCCC1. The van der Waals surface area contributed by atoms with E-state index in [9.17, 15) is 4.79 Å². The molecule has 1 saturated carbocycles. The summed E-state index contributed by atoms with van der Waals surface area (Å²) in [5.74, 6) is 0.358. The number of aromatic nitrogens is 2. The standard InChI is InChI=1S/C17H23N3OS/c1-11-14(16(18)21)15(17-19-8-9-22-17)12(2)20(11)10-13-6-4-3-5-7-13/h8-9,13H,3-7,10H2,1-2H3,(H2,18,21). The summed E-state index contributed by atoms with van der Waals surface area (Å²) in [7, 11) is 0. The summed E-state index contributed by atoms with van der Waals surface area (Å²) < 4.78 is 2.28. The maximum atomic E-state index is 12.0. The van der Waals surface area contributed by atoms with Gasteiger partial charge in [-0.3, -0.25) is 4.79 Å². The Morgan fingerprint density at radius 2 is 2.05 bits per heavy atom. The molecule has 0 radical (unpaired) electrons. The number of nitrogens with zero attached hydrogens (tertiary/aromatic N) is 2. The molecule has 118 valence electrons.